The molecular weight excluding hydrogens is 444 g/mol. The average molecular weight is 473 g/mol. The lowest BCUT2D eigenvalue weighted by molar-refractivity contribution is 0.102. The summed E-state index contributed by atoms with van der Waals surface area (Å²) in [5.41, 5.74) is 0.527. The summed E-state index contributed by atoms with van der Waals surface area (Å²) in [5, 5.41) is 19.2. The molecule has 1 aliphatic heterocycles. The lowest BCUT2D eigenvalue weighted by Crippen LogP contribution is -2.38. The number of rotatable bonds is 6. The third-order valence-corrected chi connectivity index (χ3v) is 8.21. The fourth-order valence-corrected chi connectivity index (χ4v) is 5.72. The molecule has 11 heteroatoms. The van der Waals surface area contributed by atoms with Gasteiger partial charge in [-0.15, -0.1) is 0 Å². The van der Waals surface area contributed by atoms with Crippen LogP contribution in [0.4, 0.5) is 11.6 Å². The molecule has 1 aliphatic carbocycles. The zero-order valence-electron chi connectivity index (χ0n) is 18.6. The van der Waals surface area contributed by atoms with Gasteiger partial charge in [0.25, 0.3) is 5.91 Å². The van der Waals surface area contributed by atoms with Gasteiger partial charge >= 0.3 is 0 Å². The normalized spacial score (nSPS) is 17.7. The fraction of sp³-hybridized carbons (Fsp3) is 0.500. The summed E-state index contributed by atoms with van der Waals surface area (Å²) >= 11 is 0. The number of nitrogens with one attached hydrogen (secondary N) is 2. The number of nitrogens with zero attached hydrogens (tertiary/aromatic N) is 4. The largest absolute Gasteiger partial charge is 0.378 e. The third-order valence-electron chi connectivity index (χ3n) is 6.29. The molecule has 176 valence electrons. The van der Waals surface area contributed by atoms with Crippen molar-refractivity contribution in [2.75, 3.05) is 43.6 Å². The summed E-state index contributed by atoms with van der Waals surface area (Å²) in [6.45, 7) is 2.31. The van der Waals surface area contributed by atoms with Crippen molar-refractivity contribution < 1.29 is 17.9 Å². The summed E-state index contributed by atoms with van der Waals surface area (Å²) in [4.78, 5) is 14.8. The molecule has 2 heterocycles. The predicted octanol–water partition coefficient (Wildman–Crippen LogP) is 2.32. The summed E-state index contributed by atoms with van der Waals surface area (Å²) in [6.07, 6.45) is 4.96. The molecular formula is C22H28N6O4S. The highest BCUT2D eigenvalue weighted by Crippen LogP contribution is 2.27. The standard InChI is InChI=1S/C22H28N6O4S/c1-27(17-5-3-2-4-6-17)33(30,31)18-9-7-16(8-10-18)22(29)24-20-19(15-23)21(26-25-20)28-11-13-32-14-12-28/h7-10,17H,2-6,11-14H2,1H3,(H2,24,25,26,29). The van der Waals surface area contributed by atoms with Crippen molar-refractivity contribution in [3.8, 4) is 6.07 Å². The number of ether oxygens (including phenoxy) is 1. The van der Waals surface area contributed by atoms with Crippen LogP contribution < -0.4 is 10.2 Å². The third kappa shape index (κ3) is 4.88. The van der Waals surface area contributed by atoms with Gasteiger partial charge in [0, 0.05) is 31.7 Å². The van der Waals surface area contributed by atoms with Crippen LogP contribution in [0.1, 0.15) is 48.0 Å². The number of carbonyl (C=O) groups excluding carboxylic acids is 1. The van der Waals surface area contributed by atoms with Gasteiger partial charge in [-0.05, 0) is 37.1 Å². The minimum atomic E-state index is -3.63. The Kier molecular flexibility index (Phi) is 6.97. The van der Waals surface area contributed by atoms with Crippen LogP contribution in [0.3, 0.4) is 0 Å². The van der Waals surface area contributed by atoms with Gasteiger partial charge in [0.2, 0.25) is 10.0 Å². The molecule has 0 atom stereocenters. The number of nitriles is 1. The zero-order valence-corrected chi connectivity index (χ0v) is 19.4. The number of hydrogen-bond donors (Lipinski definition) is 2. The minimum Gasteiger partial charge on any atom is -0.378 e. The fourth-order valence-electron chi connectivity index (χ4n) is 4.30. The Morgan fingerprint density at radius 1 is 1.21 bits per heavy atom. The van der Waals surface area contributed by atoms with Gasteiger partial charge in [-0.1, -0.05) is 19.3 Å². The Morgan fingerprint density at radius 2 is 1.88 bits per heavy atom. The molecule has 2 fully saturated rings. The Labute approximate surface area is 193 Å². The van der Waals surface area contributed by atoms with Crippen LogP contribution in [0.2, 0.25) is 0 Å². The molecule has 4 rings (SSSR count). The summed E-state index contributed by atoms with van der Waals surface area (Å²) < 4.78 is 32.8. The number of hydrogen-bond acceptors (Lipinski definition) is 7. The van der Waals surface area contributed by atoms with E-state index in [0.717, 1.165) is 32.1 Å². The van der Waals surface area contributed by atoms with Gasteiger partial charge in [-0.3, -0.25) is 9.89 Å². The number of amides is 1. The molecule has 2 aromatic rings. The summed E-state index contributed by atoms with van der Waals surface area (Å²) in [7, 11) is -2.01. The molecule has 0 spiro atoms. The monoisotopic (exact) mass is 472 g/mol. The summed E-state index contributed by atoms with van der Waals surface area (Å²) in [5.74, 6) is 0.217. The highest BCUT2D eigenvalue weighted by molar-refractivity contribution is 7.89. The lowest BCUT2D eigenvalue weighted by atomic mass is 9.96. The highest BCUT2D eigenvalue weighted by atomic mass is 32.2. The van der Waals surface area contributed by atoms with Gasteiger partial charge in [-0.25, -0.2) is 8.42 Å². The molecule has 33 heavy (non-hydrogen) atoms. The first-order chi connectivity index (χ1) is 15.9. The number of sulfonamides is 1. The second-order valence-electron chi connectivity index (χ2n) is 8.30. The first-order valence-electron chi connectivity index (χ1n) is 11.1. The second-order valence-corrected chi connectivity index (χ2v) is 10.3. The Bertz CT molecular complexity index is 1130. The van der Waals surface area contributed by atoms with Crippen LogP contribution in [0, 0.1) is 11.3 Å². The SMILES string of the molecule is CN(C1CCCCC1)S(=O)(=O)c1ccc(C(=O)Nc2[nH]nc(N3CCOCC3)c2C#N)cc1. The molecule has 1 amide bonds. The maximum atomic E-state index is 13.0. The zero-order chi connectivity index (χ0) is 23.4. The summed E-state index contributed by atoms with van der Waals surface area (Å²) in [6, 6.07) is 7.95. The number of morpholine rings is 1. The number of H-pyrrole nitrogens is 1. The predicted molar refractivity (Wildman–Crippen MR) is 123 cm³/mol. The van der Waals surface area contributed by atoms with Crippen molar-refractivity contribution in [1.82, 2.24) is 14.5 Å². The Hall–Kier alpha value is -2.94. The molecule has 2 N–H and O–H groups in total. The van der Waals surface area contributed by atoms with Crippen LogP contribution >= 0.6 is 0 Å². The van der Waals surface area contributed by atoms with E-state index in [1.165, 1.54) is 28.6 Å². The number of carbonyl (C=O) groups is 1. The molecule has 0 radical (unpaired) electrons. The molecule has 1 aromatic heterocycles. The second kappa shape index (κ2) is 9.91. The Morgan fingerprint density at radius 3 is 2.52 bits per heavy atom. The van der Waals surface area contributed by atoms with E-state index in [0.29, 0.717) is 32.1 Å². The number of aromatic amines is 1. The van der Waals surface area contributed by atoms with Crippen molar-refractivity contribution >= 4 is 27.6 Å². The van der Waals surface area contributed by atoms with Gasteiger partial charge in [0.05, 0.1) is 18.1 Å². The first-order valence-corrected chi connectivity index (χ1v) is 12.6. The minimum absolute atomic E-state index is 0.0113. The van der Waals surface area contributed by atoms with E-state index in [1.807, 2.05) is 4.90 Å². The van der Waals surface area contributed by atoms with Crippen LogP contribution in [0.25, 0.3) is 0 Å². The maximum absolute atomic E-state index is 13.0. The number of benzene rings is 1. The van der Waals surface area contributed by atoms with E-state index in [9.17, 15) is 18.5 Å². The number of aromatic nitrogens is 2. The first kappa shape index (κ1) is 23.2. The van der Waals surface area contributed by atoms with Crippen molar-refractivity contribution in [1.29, 1.82) is 5.26 Å². The van der Waals surface area contributed by atoms with Crippen LogP contribution in [0.5, 0.6) is 0 Å². The van der Waals surface area contributed by atoms with Crippen molar-refractivity contribution in [2.24, 2.45) is 0 Å². The lowest BCUT2D eigenvalue weighted by Gasteiger charge is -2.30. The van der Waals surface area contributed by atoms with Crippen LogP contribution in [-0.4, -0.2) is 68.2 Å². The van der Waals surface area contributed by atoms with Gasteiger partial charge in [-0.2, -0.15) is 14.7 Å². The quantitative estimate of drug-likeness (QED) is 0.659. The average Bonchev–Trinajstić information content (AvgIpc) is 3.27. The molecule has 1 saturated heterocycles. The van der Waals surface area contributed by atoms with E-state index >= 15 is 0 Å². The van der Waals surface area contributed by atoms with Crippen molar-refractivity contribution in [2.45, 2.75) is 43.0 Å². The molecule has 2 aliphatic rings. The van der Waals surface area contributed by atoms with E-state index in [1.54, 1.807) is 7.05 Å². The highest BCUT2D eigenvalue weighted by Gasteiger charge is 2.29. The maximum Gasteiger partial charge on any atom is 0.256 e. The van der Waals surface area contributed by atoms with Gasteiger partial charge in [0.1, 0.15) is 17.5 Å². The van der Waals surface area contributed by atoms with Crippen molar-refractivity contribution in [3.05, 3.63) is 35.4 Å². The number of anilines is 2. The smallest absolute Gasteiger partial charge is 0.256 e. The topological polar surface area (TPSA) is 131 Å². The molecule has 1 saturated carbocycles. The molecule has 1 aromatic carbocycles. The van der Waals surface area contributed by atoms with Crippen molar-refractivity contribution in [3.63, 3.8) is 0 Å². The molecule has 10 nitrogen and oxygen atoms in total. The molecule has 0 unspecified atom stereocenters. The van der Waals surface area contributed by atoms with Crippen LogP contribution in [-0.2, 0) is 14.8 Å². The van der Waals surface area contributed by atoms with E-state index in [-0.39, 0.29) is 27.9 Å². The van der Waals surface area contributed by atoms with E-state index in [2.05, 4.69) is 21.6 Å². The van der Waals surface area contributed by atoms with Gasteiger partial charge < -0.3 is 15.0 Å². The van der Waals surface area contributed by atoms with Gasteiger partial charge in [0.15, 0.2) is 5.82 Å². The molecule has 0 bridgehead atoms. The van der Waals surface area contributed by atoms with Crippen LogP contribution in [0.15, 0.2) is 29.2 Å². The van der Waals surface area contributed by atoms with E-state index in [4.69, 9.17) is 4.74 Å². The van der Waals surface area contributed by atoms with E-state index < -0.39 is 15.9 Å². The Balaban J connectivity index is 1.47.